The van der Waals surface area contributed by atoms with Gasteiger partial charge in [0.1, 0.15) is 0 Å². The number of amides is 3. The van der Waals surface area contributed by atoms with Crippen LogP contribution in [0.4, 0.5) is 5.69 Å². The molecule has 134 valence electrons. The Hall–Kier alpha value is -1.95. The number of allylic oxidation sites excluding steroid dienone is 2. The third kappa shape index (κ3) is 2.38. The zero-order chi connectivity index (χ0) is 18.0. The number of imide groups is 1. The molecule has 2 saturated carbocycles. The molecule has 1 heterocycles. The highest BCUT2D eigenvalue weighted by Crippen LogP contribution is 2.65. The number of hydrogen-bond donors (Lipinski definition) is 1. The minimum absolute atomic E-state index is 0.0684. The van der Waals surface area contributed by atoms with Crippen LogP contribution in [0.2, 0.25) is 0 Å². The Morgan fingerprint density at radius 3 is 2.19 bits per heavy atom. The summed E-state index contributed by atoms with van der Waals surface area (Å²) >= 11 is 3.35. The predicted molar refractivity (Wildman–Crippen MR) is 98.8 cm³/mol. The number of halogens is 1. The molecule has 1 aromatic rings. The van der Waals surface area contributed by atoms with Crippen LogP contribution in [0, 0.1) is 35.5 Å². The first-order chi connectivity index (χ1) is 12.5. The Balaban J connectivity index is 1.24. The van der Waals surface area contributed by atoms with E-state index in [0.29, 0.717) is 17.5 Å². The van der Waals surface area contributed by atoms with E-state index in [-0.39, 0.29) is 54.4 Å². The fourth-order valence-corrected chi connectivity index (χ4v) is 5.47. The molecular weight excluding hydrogens is 396 g/mol. The first-order valence-electron chi connectivity index (χ1n) is 9.13. The van der Waals surface area contributed by atoms with Crippen molar-refractivity contribution in [1.82, 2.24) is 4.90 Å². The maximum atomic E-state index is 12.8. The fraction of sp³-hybridized carbons (Fsp3) is 0.450. The second kappa shape index (κ2) is 5.78. The molecule has 5 nitrogen and oxygen atoms in total. The van der Waals surface area contributed by atoms with Crippen molar-refractivity contribution in [2.75, 3.05) is 11.9 Å². The molecule has 0 spiro atoms. The summed E-state index contributed by atoms with van der Waals surface area (Å²) in [6.45, 7) is 0.168. The number of carbonyl (C=O) groups is 3. The maximum Gasteiger partial charge on any atom is 0.233 e. The van der Waals surface area contributed by atoms with Gasteiger partial charge in [0.2, 0.25) is 17.7 Å². The van der Waals surface area contributed by atoms with Gasteiger partial charge in [0.15, 0.2) is 0 Å². The summed E-state index contributed by atoms with van der Waals surface area (Å²) < 4.78 is 0.938. The van der Waals surface area contributed by atoms with Crippen LogP contribution in [-0.2, 0) is 14.4 Å². The molecule has 1 aliphatic heterocycles. The zero-order valence-corrected chi connectivity index (χ0v) is 15.7. The monoisotopic (exact) mass is 414 g/mol. The van der Waals surface area contributed by atoms with E-state index in [1.165, 1.54) is 4.90 Å². The lowest BCUT2D eigenvalue weighted by molar-refractivity contribution is -0.140. The second-order valence-corrected chi connectivity index (χ2v) is 8.70. The van der Waals surface area contributed by atoms with Gasteiger partial charge in [0.25, 0.3) is 0 Å². The minimum atomic E-state index is -0.188. The highest BCUT2D eigenvalue weighted by Gasteiger charge is 2.66. The van der Waals surface area contributed by atoms with E-state index in [1.807, 2.05) is 12.1 Å². The van der Waals surface area contributed by atoms with Gasteiger partial charge >= 0.3 is 0 Å². The first-order valence-corrected chi connectivity index (χ1v) is 9.93. The van der Waals surface area contributed by atoms with Crippen LogP contribution in [-0.4, -0.2) is 29.2 Å². The molecule has 0 radical (unpaired) electrons. The molecule has 3 fully saturated rings. The van der Waals surface area contributed by atoms with Crippen molar-refractivity contribution in [3.63, 3.8) is 0 Å². The van der Waals surface area contributed by atoms with E-state index in [1.54, 1.807) is 12.1 Å². The summed E-state index contributed by atoms with van der Waals surface area (Å²) in [5, 5.41) is 2.81. The molecule has 6 heteroatoms. The smallest absolute Gasteiger partial charge is 0.233 e. The molecular formula is C20H19BrN2O3. The van der Waals surface area contributed by atoms with Gasteiger partial charge in [-0.05, 0) is 54.4 Å². The van der Waals surface area contributed by atoms with E-state index >= 15 is 0 Å². The van der Waals surface area contributed by atoms with Crippen LogP contribution in [0.5, 0.6) is 0 Å². The number of carbonyl (C=O) groups excluding carboxylic acids is 3. The molecule has 6 rings (SSSR count). The standard InChI is InChI=1S/C20H19BrN2O3/c21-10-1-3-11(4-2-10)22-16(24)7-8-23-19(25)17-12-5-6-13(15-9-14(12)15)18(17)20(23)26/h1-6,12-15,17-18H,7-9H2,(H,22,24)/t12-,13-,14-,15-,17-,18+/m1/s1. The van der Waals surface area contributed by atoms with Gasteiger partial charge in [-0.2, -0.15) is 0 Å². The second-order valence-electron chi connectivity index (χ2n) is 7.79. The van der Waals surface area contributed by atoms with Gasteiger partial charge in [-0.15, -0.1) is 0 Å². The highest BCUT2D eigenvalue weighted by molar-refractivity contribution is 9.10. The van der Waals surface area contributed by atoms with Crippen LogP contribution in [0.15, 0.2) is 40.9 Å². The third-order valence-corrected chi connectivity index (χ3v) is 6.97. The molecule has 1 aromatic carbocycles. The average molecular weight is 415 g/mol. The number of nitrogens with zero attached hydrogens (tertiary/aromatic N) is 1. The van der Waals surface area contributed by atoms with E-state index < -0.39 is 0 Å². The summed E-state index contributed by atoms with van der Waals surface area (Å²) in [5.74, 6) is 0.967. The first kappa shape index (κ1) is 16.2. The lowest BCUT2D eigenvalue weighted by Gasteiger charge is -2.37. The Labute approximate surface area is 159 Å². The molecule has 1 N–H and O–H groups in total. The normalized spacial score (nSPS) is 36.1. The summed E-state index contributed by atoms with van der Waals surface area (Å²) in [5.41, 5.74) is 0.702. The Kier molecular flexibility index (Phi) is 3.61. The lowest BCUT2D eigenvalue weighted by Crippen LogP contribution is -2.40. The topological polar surface area (TPSA) is 66.5 Å². The van der Waals surface area contributed by atoms with Crippen molar-refractivity contribution in [1.29, 1.82) is 0 Å². The number of rotatable bonds is 4. The van der Waals surface area contributed by atoms with Gasteiger partial charge in [0, 0.05) is 23.1 Å². The summed E-state index contributed by atoms with van der Waals surface area (Å²) in [6, 6.07) is 7.31. The van der Waals surface area contributed by atoms with Gasteiger partial charge < -0.3 is 5.32 Å². The number of anilines is 1. The van der Waals surface area contributed by atoms with Crippen LogP contribution < -0.4 is 5.32 Å². The molecule has 2 bridgehead atoms. The van der Waals surface area contributed by atoms with Gasteiger partial charge in [-0.3, -0.25) is 19.3 Å². The summed E-state index contributed by atoms with van der Waals surface area (Å²) in [4.78, 5) is 39.2. The molecule has 3 amide bonds. The molecule has 5 aliphatic rings. The van der Waals surface area contributed by atoms with Crippen LogP contribution in [0.25, 0.3) is 0 Å². The fourth-order valence-electron chi connectivity index (χ4n) is 5.21. The van der Waals surface area contributed by atoms with E-state index in [0.717, 1.165) is 10.9 Å². The molecule has 1 saturated heterocycles. The maximum absolute atomic E-state index is 12.8. The van der Waals surface area contributed by atoms with Crippen molar-refractivity contribution in [3.8, 4) is 0 Å². The number of nitrogens with one attached hydrogen (secondary N) is 1. The average Bonchev–Trinajstić information content (AvgIpc) is 3.41. The van der Waals surface area contributed by atoms with Crippen molar-refractivity contribution in [2.24, 2.45) is 35.5 Å². The largest absolute Gasteiger partial charge is 0.326 e. The van der Waals surface area contributed by atoms with Gasteiger partial charge in [-0.1, -0.05) is 28.1 Å². The lowest BCUT2D eigenvalue weighted by atomic mass is 9.63. The van der Waals surface area contributed by atoms with Gasteiger partial charge in [-0.25, -0.2) is 0 Å². The molecule has 6 atom stereocenters. The highest BCUT2D eigenvalue weighted by atomic mass is 79.9. The van der Waals surface area contributed by atoms with E-state index in [9.17, 15) is 14.4 Å². The minimum Gasteiger partial charge on any atom is -0.326 e. The SMILES string of the molecule is O=C(CCN1C(=O)[C@@H]2[C@@H]3C=C[C@H]([C@H]4C[C@H]34)[C@@H]2C1=O)Nc1ccc(Br)cc1. The Morgan fingerprint density at radius 1 is 1.04 bits per heavy atom. The van der Waals surface area contributed by atoms with Crippen molar-refractivity contribution in [3.05, 3.63) is 40.9 Å². The van der Waals surface area contributed by atoms with Gasteiger partial charge in [0.05, 0.1) is 11.8 Å². The van der Waals surface area contributed by atoms with Crippen LogP contribution >= 0.6 is 15.9 Å². The van der Waals surface area contributed by atoms with Crippen LogP contribution in [0.1, 0.15) is 12.8 Å². The zero-order valence-electron chi connectivity index (χ0n) is 14.1. The summed E-state index contributed by atoms with van der Waals surface area (Å²) in [6.07, 6.45) is 5.61. The molecule has 0 unspecified atom stereocenters. The van der Waals surface area contributed by atoms with E-state index in [4.69, 9.17) is 0 Å². The van der Waals surface area contributed by atoms with Crippen molar-refractivity contribution < 1.29 is 14.4 Å². The molecule has 0 aromatic heterocycles. The number of benzene rings is 1. The summed E-state index contributed by atoms with van der Waals surface area (Å²) in [7, 11) is 0. The van der Waals surface area contributed by atoms with Crippen molar-refractivity contribution in [2.45, 2.75) is 12.8 Å². The van der Waals surface area contributed by atoms with Crippen LogP contribution in [0.3, 0.4) is 0 Å². The Morgan fingerprint density at radius 2 is 1.62 bits per heavy atom. The number of hydrogen-bond acceptors (Lipinski definition) is 3. The predicted octanol–water partition coefficient (Wildman–Crippen LogP) is 2.83. The molecule has 4 aliphatic carbocycles. The third-order valence-electron chi connectivity index (χ3n) is 6.44. The molecule has 26 heavy (non-hydrogen) atoms. The quantitative estimate of drug-likeness (QED) is 0.608. The van der Waals surface area contributed by atoms with Crippen molar-refractivity contribution >= 4 is 39.3 Å². The number of likely N-dealkylation sites (tertiary alicyclic amines) is 1. The van der Waals surface area contributed by atoms with E-state index in [2.05, 4.69) is 33.4 Å². The Bertz CT molecular complexity index is 798.